The Morgan fingerprint density at radius 2 is 1.26 bits per heavy atom. The van der Waals surface area contributed by atoms with Gasteiger partial charge in [0, 0.05) is 11.6 Å². The Morgan fingerprint density at radius 1 is 0.645 bits per heavy atom. The van der Waals surface area contributed by atoms with E-state index in [1.807, 2.05) is 0 Å². The minimum absolute atomic E-state index is 0.00400. The minimum atomic E-state index is -1.24. The van der Waals surface area contributed by atoms with Crippen molar-refractivity contribution in [2.24, 2.45) is 0 Å². The molecule has 0 saturated heterocycles. The lowest BCUT2D eigenvalue weighted by Crippen LogP contribution is -2.04. The maximum Gasteiger partial charge on any atom is 0.336 e. The van der Waals surface area contributed by atoms with E-state index in [-0.39, 0.29) is 39.5 Å². The molecule has 0 unspecified atom stereocenters. The van der Waals surface area contributed by atoms with Crippen LogP contribution in [0.2, 0.25) is 0 Å². The summed E-state index contributed by atoms with van der Waals surface area (Å²) in [4.78, 5) is 47.6. The highest BCUT2D eigenvalue weighted by Gasteiger charge is 2.17. The molecule has 9 heteroatoms. The van der Waals surface area contributed by atoms with Gasteiger partial charge in [-0.25, -0.2) is 24.4 Å². The van der Waals surface area contributed by atoms with Gasteiger partial charge in [0.05, 0.1) is 45.0 Å². The van der Waals surface area contributed by atoms with Gasteiger partial charge in [0.2, 0.25) is 0 Å². The van der Waals surface area contributed by atoms with Crippen LogP contribution >= 0.6 is 0 Å². The van der Waals surface area contributed by atoms with Crippen molar-refractivity contribution in [3.05, 3.63) is 77.5 Å². The summed E-state index contributed by atoms with van der Waals surface area (Å²) >= 11 is 0. The standard InChI is InChI=1S/C22H13N3O6/c26-20(27)11-5-6-23-16(7-11)17-8-12(21(28)29)9-18(25-17)19-10-14(22(30)31)13-3-1-2-4-15(13)24-19/h1-10H,(H,26,27)(H,28,29)(H,30,31). The highest BCUT2D eigenvalue weighted by Crippen LogP contribution is 2.27. The zero-order valence-electron chi connectivity index (χ0n) is 15.7. The molecule has 0 aliphatic heterocycles. The van der Waals surface area contributed by atoms with Gasteiger partial charge in [0.25, 0.3) is 0 Å². The number of aromatic carboxylic acids is 3. The second kappa shape index (κ2) is 7.64. The lowest BCUT2D eigenvalue weighted by molar-refractivity contribution is 0.0686. The summed E-state index contributed by atoms with van der Waals surface area (Å²) in [6.45, 7) is 0. The molecule has 3 heterocycles. The maximum absolute atomic E-state index is 11.8. The van der Waals surface area contributed by atoms with Gasteiger partial charge in [-0.15, -0.1) is 0 Å². The molecule has 152 valence electrons. The third kappa shape index (κ3) is 3.79. The van der Waals surface area contributed by atoms with Gasteiger partial charge >= 0.3 is 17.9 Å². The topological polar surface area (TPSA) is 151 Å². The van der Waals surface area contributed by atoms with E-state index in [4.69, 9.17) is 0 Å². The summed E-state index contributed by atoms with van der Waals surface area (Å²) in [7, 11) is 0. The van der Waals surface area contributed by atoms with E-state index in [0.717, 1.165) is 0 Å². The third-order valence-corrected chi connectivity index (χ3v) is 4.55. The van der Waals surface area contributed by atoms with Crippen molar-refractivity contribution in [2.75, 3.05) is 0 Å². The molecule has 0 radical (unpaired) electrons. The number of fused-ring (bicyclic) bond motifs is 1. The summed E-state index contributed by atoms with van der Waals surface area (Å²) in [5, 5.41) is 28.8. The van der Waals surface area contributed by atoms with Crippen LogP contribution in [0.4, 0.5) is 0 Å². The van der Waals surface area contributed by atoms with E-state index < -0.39 is 17.9 Å². The maximum atomic E-state index is 11.8. The number of carboxylic acid groups (broad SMARTS) is 3. The molecule has 9 nitrogen and oxygen atoms in total. The first kappa shape index (κ1) is 19.6. The molecule has 0 saturated carbocycles. The Balaban J connectivity index is 1.96. The van der Waals surface area contributed by atoms with E-state index in [2.05, 4.69) is 15.0 Å². The van der Waals surface area contributed by atoms with Crippen molar-refractivity contribution in [1.29, 1.82) is 0 Å². The Morgan fingerprint density at radius 3 is 1.94 bits per heavy atom. The van der Waals surface area contributed by atoms with Gasteiger partial charge in [-0.3, -0.25) is 4.98 Å². The number of hydrogen-bond donors (Lipinski definition) is 3. The largest absolute Gasteiger partial charge is 0.478 e. The smallest absolute Gasteiger partial charge is 0.336 e. The van der Waals surface area contributed by atoms with Crippen molar-refractivity contribution in [2.45, 2.75) is 0 Å². The lowest BCUT2D eigenvalue weighted by Gasteiger charge is -2.09. The number of hydrogen-bond acceptors (Lipinski definition) is 6. The minimum Gasteiger partial charge on any atom is -0.478 e. The zero-order valence-corrected chi connectivity index (χ0v) is 15.7. The Bertz CT molecular complexity index is 1380. The molecular weight excluding hydrogens is 402 g/mol. The van der Waals surface area contributed by atoms with E-state index in [9.17, 15) is 29.7 Å². The average Bonchev–Trinajstić information content (AvgIpc) is 2.77. The van der Waals surface area contributed by atoms with Gasteiger partial charge in [0.15, 0.2) is 0 Å². The zero-order chi connectivity index (χ0) is 22.1. The van der Waals surface area contributed by atoms with E-state index in [1.54, 1.807) is 24.3 Å². The lowest BCUT2D eigenvalue weighted by atomic mass is 10.0. The molecule has 4 aromatic rings. The van der Waals surface area contributed by atoms with Crippen LogP contribution in [0.5, 0.6) is 0 Å². The van der Waals surface area contributed by atoms with Crippen molar-refractivity contribution in [1.82, 2.24) is 15.0 Å². The fourth-order valence-corrected chi connectivity index (χ4v) is 3.10. The summed E-state index contributed by atoms with van der Waals surface area (Å²) < 4.78 is 0. The van der Waals surface area contributed by atoms with Crippen molar-refractivity contribution in [3.63, 3.8) is 0 Å². The molecule has 0 amide bonds. The fraction of sp³-hybridized carbons (Fsp3) is 0. The molecule has 0 aliphatic carbocycles. The Kier molecular flexibility index (Phi) is 4.84. The van der Waals surface area contributed by atoms with E-state index >= 15 is 0 Å². The van der Waals surface area contributed by atoms with Gasteiger partial charge in [0.1, 0.15) is 0 Å². The van der Waals surface area contributed by atoms with Crippen LogP contribution in [0, 0.1) is 0 Å². The van der Waals surface area contributed by atoms with Crippen LogP contribution in [-0.2, 0) is 0 Å². The number of carbonyl (C=O) groups is 3. The van der Waals surface area contributed by atoms with E-state index in [1.165, 1.54) is 36.5 Å². The summed E-state index contributed by atoms with van der Waals surface area (Å²) in [6.07, 6.45) is 1.28. The molecule has 31 heavy (non-hydrogen) atoms. The van der Waals surface area contributed by atoms with Gasteiger partial charge in [-0.1, -0.05) is 18.2 Å². The van der Waals surface area contributed by atoms with Gasteiger partial charge in [-0.2, -0.15) is 0 Å². The molecule has 0 spiro atoms. The first-order chi connectivity index (χ1) is 14.8. The number of aromatic nitrogens is 3. The Labute approximate surface area is 174 Å². The first-order valence-corrected chi connectivity index (χ1v) is 8.92. The molecule has 3 aromatic heterocycles. The average molecular weight is 415 g/mol. The predicted molar refractivity (Wildman–Crippen MR) is 109 cm³/mol. The van der Waals surface area contributed by atoms with Crippen LogP contribution in [0.3, 0.4) is 0 Å². The highest BCUT2D eigenvalue weighted by atomic mass is 16.4. The van der Waals surface area contributed by atoms with Crippen molar-refractivity contribution in [3.8, 4) is 22.8 Å². The molecule has 0 aliphatic rings. The molecule has 0 atom stereocenters. The third-order valence-electron chi connectivity index (χ3n) is 4.55. The van der Waals surface area contributed by atoms with Crippen LogP contribution in [0.15, 0.2) is 60.8 Å². The normalized spacial score (nSPS) is 10.7. The monoisotopic (exact) mass is 415 g/mol. The first-order valence-electron chi connectivity index (χ1n) is 8.92. The number of pyridine rings is 3. The Hall–Kier alpha value is -4.66. The van der Waals surface area contributed by atoms with Crippen LogP contribution in [-0.4, -0.2) is 48.2 Å². The number of rotatable bonds is 5. The number of nitrogens with zero attached hydrogens (tertiary/aromatic N) is 3. The van der Waals surface area contributed by atoms with E-state index in [0.29, 0.717) is 10.9 Å². The van der Waals surface area contributed by atoms with Crippen LogP contribution < -0.4 is 0 Å². The van der Waals surface area contributed by atoms with Gasteiger partial charge in [-0.05, 0) is 36.4 Å². The number of carboxylic acids is 3. The van der Waals surface area contributed by atoms with Crippen molar-refractivity contribution < 1.29 is 29.7 Å². The summed E-state index contributed by atoms with van der Waals surface area (Å²) in [6, 6.07) is 13.1. The molecule has 0 bridgehead atoms. The van der Waals surface area contributed by atoms with Crippen LogP contribution in [0.1, 0.15) is 31.1 Å². The second-order valence-corrected chi connectivity index (χ2v) is 6.54. The summed E-state index contributed by atoms with van der Waals surface area (Å²) in [5.74, 6) is -3.57. The summed E-state index contributed by atoms with van der Waals surface area (Å²) in [5.41, 5.74) is 0.789. The molecular formula is C22H13N3O6. The highest BCUT2D eigenvalue weighted by molar-refractivity contribution is 6.03. The van der Waals surface area contributed by atoms with Gasteiger partial charge < -0.3 is 15.3 Å². The molecule has 1 aromatic carbocycles. The van der Waals surface area contributed by atoms with Crippen molar-refractivity contribution >= 4 is 28.8 Å². The number of para-hydroxylation sites is 1. The molecule has 4 rings (SSSR count). The SMILES string of the molecule is O=C(O)c1ccnc(-c2cc(C(=O)O)cc(-c3cc(C(=O)O)c4ccccc4n3)n2)c1. The van der Waals surface area contributed by atoms with Crippen LogP contribution in [0.25, 0.3) is 33.7 Å². The fourth-order valence-electron chi connectivity index (χ4n) is 3.10. The quantitative estimate of drug-likeness (QED) is 0.445. The second-order valence-electron chi connectivity index (χ2n) is 6.54. The predicted octanol–water partition coefficient (Wildman–Crippen LogP) is 3.45. The molecule has 3 N–H and O–H groups in total. The number of benzene rings is 1. The molecule has 0 fully saturated rings.